The van der Waals surface area contributed by atoms with E-state index in [9.17, 15) is 23.5 Å². The fourth-order valence-electron chi connectivity index (χ4n) is 3.91. The Balaban J connectivity index is 1.78. The minimum atomic E-state index is -1.63. The maximum atomic E-state index is 13.7. The Kier molecular flexibility index (Phi) is 5.39. The van der Waals surface area contributed by atoms with Gasteiger partial charge in [0.2, 0.25) is 0 Å². The molecule has 6 nitrogen and oxygen atoms in total. The topological polar surface area (TPSA) is 82.8 Å². The molecule has 0 bridgehead atoms. The Hall–Kier alpha value is -3.42. The number of fused-ring (bicyclic) bond motifs is 1. The number of hydrogen-bond donors (Lipinski definition) is 2. The van der Waals surface area contributed by atoms with Crippen LogP contribution in [0.25, 0.3) is 11.0 Å². The molecule has 3 aromatic rings. The molecule has 1 aromatic heterocycles. The molecule has 8 heteroatoms. The lowest BCUT2D eigenvalue weighted by molar-refractivity contribution is 0.0698. The third-order valence-electron chi connectivity index (χ3n) is 5.48. The third kappa shape index (κ3) is 3.97. The van der Waals surface area contributed by atoms with Crippen molar-refractivity contribution in [3.63, 3.8) is 0 Å². The molecule has 4 rings (SSSR count). The number of anilines is 2. The van der Waals surface area contributed by atoms with E-state index in [1.165, 1.54) is 17.0 Å². The average molecular weight is 428 g/mol. The smallest absolute Gasteiger partial charge is 0.337 e. The molecule has 31 heavy (non-hydrogen) atoms. The number of benzene rings is 2. The summed E-state index contributed by atoms with van der Waals surface area (Å²) in [7, 11) is 0. The van der Waals surface area contributed by atoms with Crippen LogP contribution in [0.3, 0.4) is 0 Å². The highest BCUT2D eigenvalue weighted by Gasteiger charge is 2.34. The number of halogens is 2. The van der Waals surface area contributed by atoms with Crippen LogP contribution >= 0.6 is 0 Å². The normalized spacial score (nSPS) is 19.5. The molecule has 1 aliphatic rings. The fraction of sp³-hybridized carbons (Fsp3) is 0.304. The summed E-state index contributed by atoms with van der Waals surface area (Å²) in [6.07, 6.45) is -3.27. The van der Waals surface area contributed by atoms with Gasteiger partial charge in [-0.15, -0.1) is 0 Å². The van der Waals surface area contributed by atoms with Crippen LogP contribution in [0.2, 0.25) is 0 Å². The van der Waals surface area contributed by atoms with Gasteiger partial charge in [-0.1, -0.05) is 18.2 Å². The van der Waals surface area contributed by atoms with Crippen molar-refractivity contribution < 1.29 is 23.1 Å². The predicted octanol–water partition coefficient (Wildman–Crippen LogP) is 4.47. The SMILES string of the molecule is Cc1cc(C(C)Nc2ccccc2C(=O)O)c2oc(N3C[C@@H](F)[C@@H](F)C3)cc(=O)c2c1. The van der Waals surface area contributed by atoms with E-state index in [4.69, 9.17) is 4.42 Å². The van der Waals surface area contributed by atoms with Gasteiger partial charge in [-0.05, 0) is 37.6 Å². The van der Waals surface area contributed by atoms with Crippen molar-refractivity contribution >= 4 is 28.5 Å². The highest BCUT2D eigenvalue weighted by molar-refractivity contribution is 5.94. The van der Waals surface area contributed by atoms with E-state index in [1.54, 1.807) is 24.3 Å². The second-order valence-electron chi connectivity index (χ2n) is 7.83. The number of nitrogens with zero attached hydrogens (tertiary/aromatic N) is 1. The van der Waals surface area contributed by atoms with Crippen LogP contribution in [0, 0.1) is 6.92 Å². The number of rotatable bonds is 5. The highest BCUT2D eigenvalue weighted by Crippen LogP contribution is 2.32. The van der Waals surface area contributed by atoms with Crippen molar-refractivity contribution in [1.29, 1.82) is 0 Å². The van der Waals surface area contributed by atoms with Crippen LogP contribution in [0.5, 0.6) is 0 Å². The summed E-state index contributed by atoms with van der Waals surface area (Å²) < 4.78 is 33.3. The van der Waals surface area contributed by atoms with Crippen LogP contribution in [0.15, 0.2) is 51.7 Å². The molecule has 0 aliphatic carbocycles. The summed E-state index contributed by atoms with van der Waals surface area (Å²) in [6, 6.07) is 10.9. The molecule has 0 radical (unpaired) electrons. The molecular weight excluding hydrogens is 406 g/mol. The molecule has 162 valence electrons. The number of alkyl halides is 2. The molecule has 0 saturated carbocycles. The third-order valence-corrected chi connectivity index (χ3v) is 5.48. The number of carbonyl (C=O) groups is 1. The standard InChI is InChI=1S/C23H22F2N2O4/c1-12-7-15(13(2)26-19-6-4-3-5-14(19)23(29)30)22-16(8-12)20(28)9-21(31-22)27-10-17(24)18(25)11-27/h3-9,13,17-18,26H,10-11H2,1-2H3,(H,29,30)/t13?,17-,18+. The zero-order chi connectivity index (χ0) is 22.3. The molecular formula is C23H22F2N2O4. The molecule has 1 fully saturated rings. The molecule has 0 spiro atoms. The van der Waals surface area contributed by atoms with E-state index >= 15 is 0 Å². The van der Waals surface area contributed by atoms with Crippen molar-refractivity contribution in [3.05, 3.63) is 69.4 Å². The molecule has 0 amide bonds. The van der Waals surface area contributed by atoms with Gasteiger partial charge < -0.3 is 19.7 Å². The first-order valence-electron chi connectivity index (χ1n) is 9.95. The van der Waals surface area contributed by atoms with Gasteiger partial charge in [0.1, 0.15) is 5.58 Å². The van der Waals surface area contributed by atoms with Crippen molar-refractivity contribution in [2.75, 3.05) is 23.3 Å². The highest BCUT2D eigenvalue weighted by atomic mass is 19.2. The summed E-state index contributed by atoms with van der Waals surface area (Å²) in [6.45, 7) is 3.30. The number of para-hydroxylation sites is 1. The summed E-state index contributed by atoms with van der Waals surface area (Å²) in [5.74, 6) is -0.947. The van der Waals surface area contributed by atoms with Crippen molar-refractivity contribution in [2.24, 2.45) is 0 Å². The van der Waals surface area contributed by atoms with Crippen LogP contribution in [0.1, 0.15) is 34.5 Å². The van der Waals surface area contributed by atoms with Gasteiger partial charge in [0.05, 0.1) is 30.1 Å². The fourth-order valence-corrected chi connectivity index (χ4v) is 3.91. The molecule has 3 atom stereocenters. The Morgan fingerprint density at radius 3 is 2.55 bits per heavy atom. The van der Waals surface area contributed by atoms with Crippen molar-refractivity contribution in [2.45, 2.75) is 32.2 Å². The maximum Gasteiger partial charge on any atom is 0.337 e. The number of aromatic carboxylic acids is 1. The lowest BCUT2D eigenvalue weighted by atomic mass is 10.0. The number of nitrogens with one attached hydrogen (secondary N) is 1. The number of carboxylic acid groups (broad SMARTS) is 1. The summed E-state index contributed by atoms with van der Waals surface area (Å²) >= 11 is 0. The lowest BCUT2D eigenvalue weighted by Gasteiger charge is -2.21. The number of hydrogen-bond acceptors (Lipinski definition) is 5. The van der Waals surface area contributed by atoms with E-state index in [0.29, 0.717) is 22.2 Å². The quantitative estimate of drug-likeness (QED) is 0.624. The first-order chi connectivity index (χ1) is 14.7. The van der Waals surface area contributed by atoms with Crippen molar-refractivity contribution in [1.82, 2.24) is 0 Å². The minimum absolute atomic E-state index is 0.114. The second kappa shape index (κ2) is 8.02. The van der Waals surface area contributed by atoms with Gasteiger partial charge in [0.25, 0.3) is 0 Å². The average Bonchev–Trinajstić information content (AvgIpc) is 3.06. The number of carboxylic acids is 1. The first kappa shape index (κ1) is 20.8. The van der Waals surface area contributed by atoms with Gasteiger partial charge >= 0.3 is 5.97 Å². The lowest BCUT2D eigenvalue weighted by Crippen LogP contribution is -2.22. The summed E-state index contributed by atoms with van der Waals surface area (Å²) in [5.41, 5.74) is 2.01. The van der Waals surface area contributed by atoms with E-state index in [0.717, 1.165) is 5.56 Å². The predicted molar refractivity (Wildman–Crippen MR) is 115 cm³/mol. The Labute approximate surface area is 177 Å². The number of aryl methyl sites for hydroxylation is 1. The Morgan fingerprint density at radius 2 is 1.87 bits per heavy atom. The van der Waals surface area contributed by atoms with Gasteiger partial charge in [0, 0.05) is 17.3 Å². The Morgan fingerprint density at radius 1 is 1.19 bits per heavy atom. The van der Waals surface area contributed by atoms with E-state index in [-0.39, 0.29) is 30.0 Å². The van der Waals surface area contributed by atoms with Crippen LogP contribution in [-0.4, -0.2) is 36.5 Å². The largest absolute Gasteiger partial charge is 0.478 e. The molecule has 2 N–H and O–H groups in total. The second-order valence-corrected chi connectivity index (χ2v) is 7.83. The minimum Gasteiger partial charge on any atom is -0.478 e. The van der Waals surface area contributed by atoms with E-state index in [2.05, 4.69) is 5.32 Å². The molecule has 2 heterocycles. The maximum absolute atomic E-state index is 13.7. The van der Waals surface area contributed by atoms with Gasteiger partial charge in [-0.3, -0.25) is 4.79 Å². The Bertz CT molecular complexity index is 1200. The monoisotopic (exact) mass is 428 g/mol. The molecule has 2 aromatic carbocycles. The van der Waals surface area contributed by atoms with Gasteiger partial charge in [0.15, 0.2) is 23.7 Å². The van der Waals surface area contributed by atoms with Crippen LogP contribution in [0.4, 0.5) is 20.4 Å². The zero-order valence-electron chi connectivity index (χ0n) is 17.1. The van der Waals surface area contributed by atoms with Gasteiger partial charge in [-0.25, -0.2) is 13.6 Å². The summed E-state index contributed by atoms with van der Waals surface area (Å²) in [5, 5.41) is 13.0. The van der Waals surface area contributed by atoms with Crippen molar-refractivity contribution in [3.8, 4) is 0 Å². The van der Waals surface area contributed by atoms with Crippen LogP contribution < -0.4 is 15.6 Å². The molecule has 1 saturated heterocycles. The van der Waals surface area contributed by atoms with Gasteiger partial charge in [-0.2, -0.15) is 0 Å². The van der Waals surface area contributed by atoms with E-state index < -0.39 is 24.4 Å². The summed E-state index contributed by atoms with van der Waals surface area (Å²) in [4.78, 5) is 25.7. The van der Waals surface area contributed by atoms with E-state index in [1.807, 2.05) is 19.9 Å². The molecule has 1 aliphatic heterocycles. The first-order valence-corrected chi connectivity index (χ1v) is 9.95. The molecule has 1 unspecified atom stereocenters. The zero-order valence-corrected chi connectivity index (χ0v) is 17.1. The van der Waals surface area contributed by atoms with Crippen LogP contribution in [-0.2, 0) is 0 Å².